The van der Waals surface area contributed by atoms with Gasteiger partial charge in [-0.3, -0.25) is 9.78 Å². The fraction of sp³-hybridized carbons (Fsp3) is 0.478. The Morgan fingerprint density at radius 2 is 1.76 bits per heavy atom. The number of pyridine rings is 1. The van der Waals surface area contributed by atoms with E-state index >= 15 is 0 Å². The number of alkyl halides is 2. The highest BCUT2D eigenvalue weighted by molar-refractivity contribution is 5.73. The van der Waals surface area contributed by atoms with Gasteiger partial charge in [-0.25, -0.2) is 8.78 Å². The monoisotopic (exact) mass is 399 g/mol. The number of amides is 1. The number of hydrogen-bond donors (Lipinski definition) is 0. The number of carbonyl (C=O) groups is 1. The molecule has 0 N–H and O–H groups in total. The van der Waals surface area contributed by atoms with Gasteiger partial charge in [0.15, 0.2) is 0 Å². The third-order valence-corrected chi connectivity index (χ3v) is 6.04. The highest BCUT2D eigenvalue weighted by Crippen LogP contribution is 2.46. The standard InChI is InChI=1S/C23H27F2N3O/c1-16(29)27-13-10-20(11-14-27)28(19-7-5-18(6-8-19)23(2,24)25)22-15-26-12-9-21(22)17-3-4-17/h5-9,12,15,17,20H,3-4,10-11,13-14H2,1-2H3. The van der Waals surface area contributed by atoms with E-state index in [9.17, 15) is 13.6 Å². The van der Waals surface area contributed by atoms with E-state index in [1.807, 2.05) is 17.3 Å². The lowest BCUT2D eigenvalue weighted by Crippen LogP contribution is -2.45. The number of halogens is 2. The molecule has 1 saturated carbocycles. The van der Waals surface area contributed by atoms with Gasteiger partial charge in [0.1, 0.15) is 0 Å². The van der Waals surface area contributed by atoms with Crippen LogP contribution in [-0.4, -0.2) is 34.9 Å². The van der Waals surface area contributed by atoms with Crippen LogP contribution in [-0.2, 0) is 10.7 Å². The normalized spacial score (nSPS) is 18.0. The molecule has 2 aliphatic rings. The topological polar surface area (TPSA) is 36.4 Å². The van der Waals surface area contributed by atoms with Gasteiger partial charge < -0.3 is 9.80 Å². The van der Waals surface area contributed by atoms with E-state index < -0.39 is 5.92 Å². The van der Waals surface area contributed by atoms with Gasteiger partial charge in [0.2, 0.25) is 5.91 Å². The van der Waals surface area contributed by atoms with E-state index in [0.29, 0.717) is 19.0 Å². The van der Waals surface area contributed by atoms with Crippen LogP contribution in [0.25, 0.3) is 0 Å². The molecule has 4 nitrogen and oxygen atoms in total. The molecule has 29 heavy (non-hydrogen) atoms. The molecular weight excluding hydrogens is 372 g/mol. The summed E-state index contributed by atoms with van der Waals surface area (Å²) in [6.07, 6.45) is 7.75. The van der Waals surface area contributed by atoms with Crippen LogP contribution in [0.2, 0.25) is 0 Å². The lowest BCUT2D eigenvalue weighted by Gasteiger charge is -2.40. The quantitative estimate of drug-likeness (QED) is 0.692. The number of hydrogen-bond acceptors (Lipinski definition) is 3. The van der Waals surface area contributed by atoms with Crippen LogP contribution in [0, 0.1) is 0 Å². The Bertz CT molecular complexity index is 866. The van der Waals surface area contributed by atoms with Crippen LogP contribution < -0.4 is 4.90 Å². The molecule has 0 radical (unpaired) electrons. The first kappa shape index (κ1) is 19.8. The molecule has 1 aliphatic heterocycles. The van der Waals surface area contributed by atoms with Crippen molar-refractivity contribution in [2.24, 2.45) is 0 Å². The van der Waals surface area contributed by atoms with Crippen molar-refractivity contribution in [2.45, 2.75) is 57.4 Å². The predicted octanol–water partition coefficient (Wildman–Crippen LogP) is 5.22. The Kier molecular flexibility index (Phi) is 5.28. The van der Waals surface area contributed by atoms with E-state index in [1.165, 1.54) is 30.5 Å². The summed E-state index contributed by atoms with van der Waals surface area (Å²) >= 11 is 0. The molecule has 1 aromatic heterocycles. The van der Waals surface area contributed by atoms with Crippen LogP contribution >= 0.6 is 0 Å². The number of carbonyl (C=O) groups excluding carboxylic acids is 1. The predicted molar refractivity (Wildman–Crippen MR) is 110 cm³/mol. The van der Waals surface area contributed by atoms with Gasteiger partial charge in [-0.05, 0) is 55.4 Å². The molecule has 4 rings (SSSR count). The van der Waals surface area contributed by atoms with Gasteiger partial charge in [0.05, 0.1) is 11.9 Å². The number of rotatable bonds is 5. The van der Waals surface area contributed by atoms with Gasteiger partial charge in [-0.1, -0.05) is 12.1 Å². The molecule has 0 spiro atoms. The molecule has 1 aliphatic carbocycles. The summed E-state index contributed by atoms with van der Waals surface area (Å²) in [6.45, 7) is 3.94. The molecule has 1 aromatic carbocycles. The zero-order chi connectivity index (χ0) is 20.6. The smallest absolute Gasteiger partial charge is 0.270 e. The number of likely N-dealkylation sites (tertiary alicyclic amines) is 1. The second kappa shape index (κ2) is 7.73. The van der Waals surface area contributed by atoms with Crippen molar-refractivity contribution < 1.29 is 13.6 Å². The third kappa shape index (κ3) is 4.26. The van der Waals surface area contributed by atoms with Crippen molar-refractivity contribution in [1.82, 2.24) is 9.88 Å². The largest absolute Gasteiger partial charge is 0.343 e. The summed E-state index contributed by atoms with van der Waals surface area (Å²) in [4.78, 5) is 20.2. The van der Waals surface area contributed by atoms with E-state index in [4.69, 9.17) is 0 Å². The van der Waals surface area contributed by atoms with Crippen LogP contribution in [0.5, 0.6) is 0 Å². The third-order valence-electron chi connectivity index (χ3n) is 6.04. The number of aromatic nitrogens is 1. The Balaban J connectivity index is 1.69. The molecule has 154 valence electrons. The van der Waals surface area contributed by atoms with E-state index in [2.05, 4.69) is 16.0 Å². The van der Waals surface area contributed by atoms with Crippen LogP contribution in [0.4, 0.5) is 20.2 Å². The van der Waals surface area contributed by atoms with E-state index in [-0.39, 0.29) is 17.5 Å². The summed E-state index contributed by atoms with van der Waals surface area (Å²) in [5, 5.41) is 0. The maximum atomic E-state index is 13.7. The second-order valence-corrected chi connectivity index (χ2v) is 8.25. The Morgan fingerprint density at radius 3 is 2.31 bits per heavy atom. The van der Waals surface area contributed by atoms with Crippen LogP contribution in [0.1, 0.15) is 56.6 Å². The van der Waals surface area contributed by atoms with Gasteiger partial charge >= 0.3 is 0 Å². The summed E-state index contributed by atoms with van der Waals surface area (Å²) < 4.78 is 27.4. The molecule has 0 unspecified atom stereocenters. The Morgan fingerprint density at radius 1 is 1.10 bits per heavy atom. The average Bonchev–Trinajstić information content (AvgIpc) is 3.54. The van der Waals surface area contributed by atoms with Gasteiger partial charge in [0.25, 0.3) is 5.92 Å². The molecule has 2 aromatic rings. The summed E-state index contributed by atoms with van der Waals surface area (Å²) in [5.74, 6) is -2.21. The zero-order valence-electron chi connectivity index (χ0n) is 16.9. The first-order chi connectivity index (χ1) is 13.8. The van der Waals surface area contributed by atoms with Gasteiger partial charge in [-0.2, -0.15) is 0 Å². The molecule has 2 fully saturated rings. The summed E-state index contributed by atoms with van der Waals surface area (Å²) in [7, 11) is 0. The number of piperidine rings is 1. The lowest BCUT2D eigenvalue weighted by molar-refractivity contribution is -0.129. The second-order valence-electron chi connectivity index (χ2n) is 8.25. The minimum Gasteiger partial charge on any atom is -0.343 e. The maximum Gasteiger partial charge on any atom is 0.270 e. The first-order valence-electron chi connectivity index (χ1n) is 10.3. The number of nitrogens with zero attached hydrogens (tertiary/aromatic N) is 3. The fourth-order valence-electron chi connectivity index (χ4n) is 4.24. The minimum atomic E-state index is -2.86. The molecule has 0 atom stereocenters. The maximum absolute atomic E-state index is 13.7. The van der Waals surface area contributed by atoms with Crippen LogP contribution in [0.3, 0.4) is 0 Å². The minimum absolute atomic E-state index is 0.0150. The first-order valence-corrected chi connectivity index (χ1v) is 10.3. The molecule has 2 heterocycles. The Labute approximate surface area is 170 Å². The summed E-state index contributed by atoms with van der Waals surface area (Å²) in [5.41, 5.74) is 3.25. The van der Waals surface area contributed by atoms with Gasteiger partial charge in [0, 0.05) is 50.4 Å². The van der Waals surface area contributed by atoms with Crippen molar-refractivity contribution in [3.63, 3.8) is 0 Å². The molecular formula is C23H27F2N3O. The summed E-state index contributed by atoms with van der Waals surface area (Å²) in [6, 6.07) is 8.88. The van der Waals surface area contributed by atoms with Crippen molar-refractivity contribution >= 4 is 17.3 Å². The zero-order valence-corrected chi connectivity index (χ0v) is 16.9. The van der Waals surface area contributed by atoms with E-state index in [1.54, 1.807) is 19.1 Å². The highest BCUT2D eigenvalue weighted by atomic mass is 19.3. The van der Waals surface area contributed by atoms with Crippen molar-refractivity contribution in [3.05, 3.63) is 53.9 Å². The fourth-order valence-corrected chi connectivity index (χ4v) is 4.24. The Hall–Kier alpha value is -2.50. The average molecular weight is 399 g/mol. The van der Waals surface area contributed by atoms with Gasteiger partial charge in [-0.15, -0.1) is 0 Å². The van der Waals surface area contributed by atoms with Crippen LogP contribution in [0.15, 0.2) is 42.7 Å². The molecule has 1 saturated heterocycles. The van der Waals surface area contributed by atoms with Crippen molar-refractivity contribution in [3.8, 4) is 0 Å². The van der Waals surface area contributed by atoms with Crippen molar-refractivity contribution in [2.75, 3.05) is 18.0 Å². The number of benzene rings is 1. The lowest BCUT2D eigenvalue weighted by atomic mass is 9.99. The molecule has 6 heteroatoms. The SMILES string of the molecule is CC(=O)N1CCC(N(c2ccc(C(C)(F)F)cc2)c2cnccc2C2CC2)CC1. The van der Waals surface area contributed by atoms with E-state index in [0.717, 1.165) is 31.1 Å². The van der Waals surface area contributed by atoms with Crippen molar-refractivity contribution in [1.29, 1.82) is 0 Å². The molecule has 1 amide bonds. The number of anilines is 2. The molecule has 0 bridgehead atoms. The highest BCUT2D eigenvalue weighted by Gasteiger charge is 2.33.